The number of nitrogens with one attached hydrogen (secondary N) is 1. The summed E-state index contributed by atoms with van der Waals surface area (Å²) >= 11 is 3.13. The normalized spacial score (nSPS) is 18.9. The van der Waals surface area contributed by atoms with Gasteiger partial charge in [-0.15, -0.1) is 0 Å². The number of pyridine rings is 1. The van der Waals surface area contributed by atoms with Gasteiger partial charge in [0.2, 0.25) is 5.91 Å². The zero-order valence-corrected chi connectivity index (χ0v) is 11.3. The van der Waals surface area contributed by atoms with E-state index >= 15 is 0 Å². The van der Waals surface area contributed by atoms with Crippen molar-refractivity contribution in [2.75, 3.05) is 13.1 Å². The minimum atomic E-state index is -1.16. The van der Waals surface area contributed by atoms with E-state index in [2.05, 4.69) is 26.2 Å². The number of carboxylic acids is 1. The highest BCUT2D eigenvalue weighted by molar-refractivity contribution is 9.10. The monoisotopic (exact) mass is 327 g/mol. The fourth-order valence-corrected chi connectivity index (χ4v) is 2.20. The second kappa shape index (κ2) is 5.35. The van der Waals surface area contributed by atoms with Crippen LogP contribution in [0.2, 0.25) is 0 Å². The lowest BCUT2D eigenvalue weighted by atomic mass is 10.1. The van der Waals surface area contributed by atoms with E-state index in [9.17, 15) is 14.4 Å². The van der Waals surface area contributed by atoms with Crippen molar-refractivity contribution in [1.82, 2.24) is 15.2 Å². The number of carbonyl (C=O) groups is 3. The Labute approximate surface area is 116 Å². The summed E-state index contributed by atoms with van der Waals surface area (Å²) in [5.74, 6) is -2.08. The predicted molar refractivity (Wildman–Crippen MR) is 67.4 cm³/mol. The summed E-state index contributed by atoms with van der Waals surface area (Å²) in [5.41, 5.74) is 0.225. The number of hydrogen-bond acceptors (Lipinski definition) is 4. The molecule has 2 N–H and O–H groups in total. The lowest BCUT2D eigenvalue weighted by molar-refractivity contribution is -0.144. The molecule has 1 atom stereocenters. The Morgan fingerprint density at radius 2 is 2.26 bits per heavy atom. The van der Waals surface area contributed by atoms with Crippen molar-refractivity contribution in [3.8, 4) is 0 Å². The molecule has 2 heterocycles. The van der Waals surface area contributed by atoms with E-state index in [1.165, 1.54) is 12.3 Å². The van der Waals surface area contributed by atoms with Gasteiger partial charge in [-0.1, -0.05) is 0 Å². The van der Waals surface area contributed by atoms with Crippen LogP contribution >= 0.6 is 15.9 Å². The smallest absolute Gasteiger partial charge is 0.328 e. The van der Waals surface area contributed by atoms with Gasteiger partial charge in [-0.3, -0.25) is 9.59 Å². The van der Waals surface area contributed by atoms with Gasteiger partial charge in [-0.25, -0.2) is 9.78 Å². The molecule has 0 spiro atoms. The molecular formula is C11H10BrN3O4. The Kier molecular flexibility index (Phi) is 3.79. The molecule has 2 rings (SSSR count). The van der Waals surface area contributed by atoms with Crippen LogP contribution in [0.15, 0.2) is 22.9 Å². The van der Waals surface area contributed by atoms with Crippen molar-refractivity contribution in [2.45, 2.75) is 6.04 Å². The molecule has 1 fully saturated rings. The highest BCUT2D eigenvalue weighted by Crippen LogP contribution is 2.17. The number of aliphatic carboxylic acids is 1. The molecule has 1 aliphatic rings. The molecule has 0 bridgehead atoms. The van der Waals surface area contributed by atoms with Gasteiger partial charge in [0.1, 0.15) is 17.2 Å². The second-order valence-corrected chi connectivity index (χ2v) is 4.68. The summed E-state index contributed by atoms with van der Waals surface area (Å²) < 4.78 is 0.315. The van der Waals surface area contributed by atoms with Crippen LogP contribution < -0.4 is 5.32 Å². The van der Waals surface area contributed by atoms with Crippen LogP contribution in [0.25, 0.3) is 0 Å². The molecule has 19 heavy (non-hydrogen) atoms. The summed E-state index contributed by atoms with van der Waals surface area (Å²) in [5, 5.41) is 11.5. The second-order valence-electron chi connectivity index (χ2n) is 3.93. The molecule has 7 nitrogen and oxygen atoms in total. The van der Waals surface area contributed by atoms with Crippen LogP contribution in [0.4, 0.5) is 0 Å². The summed E-state index contributed by atoms with van der Waals surface area (Å²) in [6.45, 7) is -0.380. The van der Waals surface area contributed by atoms with Crippen LogP contribution in [0.5, 0.6) is 0 Å². The van der Waals surface area contributed by atoms with Crippen molar-refractivity contribution >= 4 is 33.7 Å². The molecule has 0 radical (unpaired) electrons. The number of piperazine rings is 1. The van der Waals surface area contributed by atoms with Gasteiger partial charge in [0, 0.05) is 12.7 Å². The minimum absolute atomic E-state index is 0.0994. The van der Waals surface area contributed by atoms with E-state index < -0.39 is 17.9 Å². The number of rotatable bonds is 2. The molecule has 0 saturated carbocycles. The van der Waals surface area contributed by atoms with E-state index in [0.717, 1.165) is 4.90 Å². The number of aromatic nitrogens is 1. The van der Waals surface area contributed by atoms with Crippen LogP contribution in [0.1, 0.15) is 10.4 Å². The Hall–Kier alpha value is -1.96. The van der Waals surface area contributed by atoms with Gasteiger partial charge in [-0.05, 0) is 28.1 Å². The van der Waals surface area contributed by atoms with Crippen LogP contribution in [0.3, 0.4) is 0 Å². The van der Waals surface area contributed by atoms with Crippen molar-refractivity contribution in [3.63, 3.8) is 0 Å². The molecule has 0 aliphatic carbocycles. The van der Waals surface area contributed by atoms with E-state index in [4.69, 9.17) is 5.11 Å². The van der Waals surface area contributed by atoms with Crippen molar-refractivity contribution in [2.24, 2.45) is 0 Å². The topological polar surface area (TPSA) is 99.6 Å². The van der Waals surface area contributed by atoms with Gasteiger partial charge < -0.3 is 15.3 Å². The van der Waals surface area contributed by atoms with Crippen LogP contribution in [-0.2, 0) is 9.59 Å². The van der Waals surface area contributed by atoms with Gasteiger partial charge in [0.05, 0.1) is 5.56 Å². The number of halogens is 1. The third-order valence-corrected chi connectivity index (χ3v) is 3.35. The number of hydrogen-bond donors (Lipinski definition) is 2. The molecule has 1 aromatic rings. The third-order valence-electron chi connectivity index (χ3n) is 2.72. The highest BCUT2D eigenvalue weighted by atomic mass is 79.9. The summed E-state index contributed by atoms with van der Waals surface area (Å²) in [4.78, 5) is 39.7. The fraction of sp³-hybridized carbons (Fsp3) is 0.273. The van der Waals surface area contributed by atoms with Crippen LogP contribution in [-0.4, -0.2) is 51.9 Å². The maximum atomic E-state index is 12.3. The molecule has 100 valence electrons. The van der Waals surface area contributed by atoms with Gasteiger partial charge >= 0.3 is 5.97 Å². The predicted octanol–water partition coefficient (Wildman–Crippen LogP) is -0.131. The first-order chi connectivity index (χ1) is 9.00. The largest absolute Gasteiger partial charge is 0.480 e. The molecule has 1 aliphatic heterocycles. The zero-order chi connectivity index (χ0) is 14.0. The molecule has 1 aromatic heterocycles. The number of nitrogens with zero attached hydrogens (tertiary/aromatic N) is 2. The summed E-state index contributed by atoms with van der Waals surface area (Å²) in [7, 11) is 0. The molecule has 1 unspecified atom stereocenters. The van der Waals surface area contributed by atoms with Crippen molar-refractivity contribution < 1.29 is 19.5 Å². The Bertz CT molecular complexity index is 548. The van der Waals surface area contributed by atoms with Crippen molar-refractivity contribution in [1.29, 1.82) is 0 Å². The third kappa shape index (κ3) is 2.73. The van der Waals surface area contributed by atoms with E-state index in [0.29, 0.717) is 4.60 Å². The maximum absolute atomic E-state index is 12.3. The Balaban J connectivity index is 2.32. The molecular weight excluding hydrogens is 318 g/mol. The average Bonchev–Trinajstić information content (AvgIpc) is 2.38. The summed E-state index contributed by atoms with van der Waals surface area (Å²) in [6, 6.07) is 2.01. The quantitative estimate of drug-likeness (QED) is 0.737. The minimum Gasteiger partial charge on any atom is -0.480 e. The highest BCUT2D eigenvalue weighted by Gasteiger charge is 2.36. The average molecular weight is 328 g/mol. The Morgan fingerprint density at radius 3 is 2.89 bits per heavy atom. The Morgan fingerprint density at radius 1 is 1.53 bits per heavy atom. The molecule has 8 heteroatoms. The number of carboxylic acid groups (broad SMARTS) is 1. The molecule has 2 amide bonds. The van der Waals surface area contributed by atoms with Crippen LogP contribution in [0, 0.1) is 0 Å². The molecule has 1 saturated heterocycles. The standard InChI is InChI=1S/C11H10BrN3O4/c12-9-6(2-1-3-13-9)10(17)15-5-8(16)14-4-7(15)11(18)19/h1-3,7H,4-5H2,(H,14,16)(H,18,19). The van der Waals surface area contributed by atoms with Gasteiger partial charge in [0.25, 0.3) is 5.91 Å². The fourth-order valence-electron chi connectivity index (χ4n) is 1.78. The first-order valence-corrected chi connectivity index (χ1v) is 6.21. The lowest BCUT2D eigenvalue weighted by Crippen LogP contribution is -2.59. The molecule has 0 aromatic carbocycles. The zero-order valence-electron chi connectivity index (χ0n) is 9.67. The number of amides is 2. The first-order valence-electron chi connectivity index (χ1n) is 5.41. The summed E-state index contributed by atoms with van der Waals surface area (Å²) in [6.07, 6.45) is 1.50. The SMILES string of the molecule is O=C1CN(C(=O)c2cccnc2Br)C(C(=O)O)CN1. The van der Waals surface area contributed by atoms with E-state index in [-0.39, 0.29) is 24.6 Å². The van der Waals surface area contributed by atoms with E-state index in [1.807, 2.05) is 0 Å². The van der Waals surface area contributed by atoms with E-state index in [1.54, 1.807) is 6.07 Å². The van der Waals surface area contributed by atoms with Gasteiger partial charge in [-0.2, -0.15) is 0 Å². The lowest BCUT2D eigenvalue weighted by Gasteiger charge is -2.32. The first kappa shape index (κ1) is 13.5. The number of carbonyl (C=O) groups excluding carboxylic acids is 2. The maximum Gasteiger partial charge on any atom is 0.328 e. The van der Waals surface area contributed by atoms with Crippen molar-refractivity contribution in [3.05, 3.63) is 28.5 Å². The van der Waals surface area contributed by atoms with Gasteiger partial charge in [0.15, 0.2) is 0 Å².